The van der Waals surface area contributed by atoms with E-state index >= 15 is 0 Å². The van der Waals surface area contributed by atoms with Gasteiger partial charge in [-0.1, -0.05) is 0 Å². The number of ether oxygens (including phenoxy) is 1. The molecule has 1 rings (SSSR count). The summed E-state index contributed by atoms with van der Waals surface area (Å²) in [6.07, 6.45) is 0. The van der Waals surface area contributed by atoms with Gasteiger partial charge in [0.2, 0.25) is 5.88 Å². The van der Waals surface area contributed by atoms with E-state index in [1.54, 1.807) is 7.11 Å². The van der Waals surface area contributed by atoms with Crippen LogP contribution in [0.5, 0.6) is 5.88 Å². The molecule has 1 N–H and O–H groups in total. The lowest BCUT2D eigenvalue weighted by atomic mass is 10.1. The molecule has 15 heavy (non-hydrogen) atoms. The molecule has 0 fully saturated rings. The number of aryl methyl sites for hydroxylation is 1. The zero-order valence-corrected chi connectivity index (χ0v) is 10.2. The minimum atomic E-state index is 0.129. The van der Waals surface area contributed by atoms with Gasteiger partial charge in [0, 0.05) is 23.8 Å². The van der Waals surface area contributed by atoms with Crippen LogP contribution in [0, 0.1) is 6.92 Å². The van der Waals surface area contributed by atoms with Gasteiger partial charge in [-0.3, -0.25) is 0 Å². The third-order valence-corrected chi connectivity index (χ3v) is 2.02. The fourth-order valence-corrected chi connectivity index (χ4v) is 1.28. The lowest BCUT2D eigenvalue weighted by molar-refractivity contribution is 0.393. The molecule has 1 aromatic rings. The van der Waals surface area contributed by atoms with Crippen LogP contribution in [0.4, 0.5) is 0 Å². The zero-order valence-electron chi connectivity index (χ0n) is 10.2. The highest BCUT2D eigenvalue weighted by atomic mass is 16.5. The molecule has 0 bridgehead atoms. The molecule has 0 aliphatic heterocycles. The number of methoxy groups -OCH3 is 1. The maximum absolute atomic E-state index is 5.13. The molecule has 0 aliphatic rings. The molecular formula is C12H20N2O. The van der Waals surface area contributed by atoms with Crippen LogP contribution in [-0.4, -0.2) is 17.6 Å². The molecule has 0 spiro atoms. The number of nitrogens with one attached hydrogen (secondary N) is 1. The van der Waals surface area contributed by atoms with E-state index in [-0.39, 0.29) is 5.54 Å². The third-order valence-electron chi connectivity index (χ3n) is 2.02. The number of hydrogen-bond acceptors (Lipinski definition) is 3. The van der Waals surface area contributed by atoms with Gasteiger partial charge in [0.05, 0.1) is 7.11 Å². The first-order chi connectivity index (χ1) is 6.90. The van der Waals surface area contributed by atoms with Crippen LogP contribution in [0.15, 0.2) is 12.1 Å². The maximum atomic E-state index is 5.13. The van der Waals surface area contributed by atoms with E-state index in [0.29, 0.717) is 5.88 Å². The quantitative estimate of drug-likeness (QED) is 0.827. The minimum Gasteiger partial charge on any atom is -0.481 e. The number of hydrogen-bond donors (Lipinski definition) is 1. The predicted octanol–water partition coefficient (Wildman–Crippen LogP) is 2.29. The van der Waals surface area contributed by atoms with Crippen LogP contribution in [0.25, 0.3) is 0 Å². The van der Waals surface area contributed by atoms with Gasteiger partial charge in [-0.25, -0.2) is 4.98 Å². The van der Waals surface area contributed by atoms with Crippen molar-refractivity contribution in [3.63, 3.8) is 0 Å². The van der Waals surface area contributed by atoms with Crippen molar-refractivity contribution in [1.82, 2.24) is 10.3 Å². The van der Waals surface area contributed by atoms with Gasteiger partial charge < -0.3 is 10.1 Å². The van der Waals surface area contributed by atoms with E-state index in [1.165, 1.54) is 5.56 Å². The summed E-state index contributed by atoms with van der Waals surface area (Å²) in [6.45, 7) is 9.27. The normalized spacial score (nSPS) is 11.5. The maximum Gasteiger partial charge on any atom is 0.213 e. The van der Waals surface area contributed by atoms with Crippen molar-refractivity contribution >= 4 is 0 Å². The highest BCUT2D eigenvalue weighted by molar-refractivity contribution is 5.24. The fraction of sp³-hybridized carbons (Fsp3) is 0.583. The zero-order chi connectivity index (χ0) is 11.5. The van der Waals surface area contributed by atoms with Crippen LogP contribution < -0.4 is 10.1 Å². The summed E-state index contributed by atoms with van der Waals surface area (Å²) in [6, 6.07) is 4.03. The Morgan fingerprint density at radius 2 is 2.00 bits per heavy atom. The van der Waals surface area contributed by atoms with E-state index in [9.17, 15) is 0 Å². The first-order valence-corrected chi connectivity index (χ1v) is 5.17. The highest BCUT2D eigenvalue weighted by Crippen LogP contribution is 2.12. The van der Waals surface area contributed by atoms with Crippen LogP contribution in [0.2, 0.25) is 0 Å². The second kappa shape index (κ2) is 4.62. The molecule has 0 amide bonds. The Morgan fingerprint density at radius 3 is 2.53 bits per heavy atom. The first kappa shape index (κ1) is 12.0. The molecule has 3 heteroatoms. The van der Waals surface area contributed by atoms with Crippen LogP contribution in [0.3, 0.4) is 0 Å². The summed E-state index contributed by atoms with van der Waals surface area (Å²) in [4.78, 5) is 4.25. The molecule has 0 saturated carbocycles. The van der Waals surface area contributed by atoms with Crippen molar-refractivity contribution in [2.45, 2.75) is 39.8 Å². The minimum absolute atomic E-state index is 0.129. The average Bonchev–Trinajstić information content (AvgIpc) is 2.13. The SMILES string of the molecule is COc1cc(CNC(C)(C)C)cc(C)n1. The van der Waals surface area contributed by atoms with E-state index in [0.717, 1.165) is 12.2 Å². The van der Waals surface area contributed by atoms with Gasteiger partial charge in [0.15, 0.2) is 0 Å². The number of rotatable bonds is 3. The van der Waals surface area contributed by atoms with Crippen molar-refractivity contribution in [2.24, 2.45) is 0 Å². The third kappa shape index (κ3) is 4.30. The molecule has 84 valence electrons. The van der Waals surface area contributed by atoms with E-state index in [2.05, 4.69) is 37.1 Å². The summed E-state index contributed by atoms with van der Waals surface area (Å²) in [5.41, 5.74) is 2.32. The topological polar surface area (TPSA) is 34.1 Å². The monoisotopic (exact) mass is 208 g/mol. The van der Waals surface area contributed by atoms with Crippen molar-refractivity contribution in [2.75, 3.05) is 7.11 Å². The number of pyridine rings is 1. The summed E-state index contributed by atoms with van der Waals surface area (Å²) in [7, 11) is 1.64. The molecule has 0 saturated heterocycles. The second-order valence-electron chi connectivity index (χ2n) is 4.76. The largest absolute Gasteiger partial charge is 0.481 e. The smallest absolute Gasteiger partial charge is 0.213 e. The van der Waals surface area contributed by atoms with Gasteiger partial charge in [0.1, 0.15) is 0 Å². The Labute approximate surface area is 91.9 Å². The van der Waals surface area contributed by atoms with E-state index < -0.39 is 0 Å². The van der Waals surface area contributed by atoms with E-state index in [4.69, 9.17) is 4.74 Å². The van der Waals surface area contributed by atoms with Gasteiger partial charge in [0.25, 0.3) is 0 Å². The molecule has 0 aliphatic carbocycles. The summed E-state index contributed by atoms with van der Waals surface area (Å²) >= 11 is 0. The Balaban J connectivity index is 2.73. The molecular weight excluding hydrogens is 188 g/mol. The predicted molar refractivity (Wildman–Crippen MR) is 62.1 cm³/mol. The molecule has 1 aromatic heterocycles. The van der Waals surface area contributed by atoms with Gasteiger partial charge in [-0.15, -0.1) is 0 Å². The molecule has 0 aromatic carbocycles. The van der Waals surface area contributed by atoms with Crippen molar-refractivity contribution in [3.8, 4) is 5.88 Å². The Morgan fingerprint density at radius 1 is 1.33 bits per heavy atom. The fourth-order valence-electron chi connectivity index (χ4n) is 1.28. The summed E-state index contributed by atoms with van der Waals surface area (Å²) in [5.74, 6) is 0.681. The summed E-state index contributed by atoms with van der Waals surface area (Å²) in [5, 5.41) is 3.43. The molecule has 1 heterocycles. The number of aromatic nitrogens is 1. The van der Waals surface area contributed by atoms with Crippen LogP contribution in [0.1, 0.15) is 32.0 Å². The lowest BCUT2D eigenvalue weighted by Crippen LogP contribution is -2.35. The van der Waals surface area contributed by atoms with Gasteiger partial charge in [-0.05, 0) is 39.3 Å². The number of nitrogens with zero attached hydrogens (tertiary/aromatic N) is 1. The Hall–Kier alpha value is -1.09. The molecule has 0 atom stereocenters. The average molecular weight is 208 g/mol. The van der Waals surface area contributed by atoms with E-state index in [1.807, 2.05) is 13.0 Å². The van der Waals surface area contributed by atoms with Crippen molar-refractivity contribution < 1.29 is 4.74 Å². The van der Waals surface area contributed by atoms with Crippen molar-refractivity contribution in [3.05, 3.63) is 23.4 Å². The molecule has 0 unspecified atom stereocenters. The Bertz CT molecular complexity index is 329. The van der Waals surface area contributed by atoms with Gasteiger partial charge in [-0.2, -0.15) is 0 Å². The van der Waals surface area contributed by atoms with Crippen LogP contribution >= 0.6 is 0 Å². The van der Waals surface area contributed by atoms with Crippen LogP contribution in [-0.2, 0) is 6.54 Å². The lowest BCUT2D eigenvalue weighted by Gasteiger charge is -2.20. The highest BCUT2D eigenvalue weighted by Gasteiger charge is 2.09. The van der Waals surface area contributed by atoms with Crippen molar-refractivity contribution in [1.29, 1.82) is 0 Å². The molecule has 3 nitrogen and oxygen atoms in total. The first-order valence-electron chi connectivity index (χ1n) is 5.17. The standard InChI is InChI=1S/C12H20N2O/c1-9-6-10(7-11(14-9)15-5)8-13-12(2,3)4/h6-7,13H,8H2,1-5H3. The second-order valence-corrected chi connectivity index (χ2v) is 4.76. The van der Waals surface area contributed by atoms with Gasteiger partial charge >= 0.3 is 0 Å². The molecule has 0 radical (unpaired) electrons. The summed E-state index contributed by atoms with van der Waals surface area (Å²) < 4.78 is 5.13. The Kier molecular flexibility index (Phi) is 3.69.